The molecule has 1 aromatic heterocycles. The van der Waals surface area contributed by atoms with E-state index in [9.17, 15) is 4.79 Å². The van der Waals surface area contributed by atoms with Crippen molar-refractivity contribution in [3.63, 3.8) is 0 Å². The number of hydrogen-bond donors (Lipinski definition) is 3. The van der Waals surface area contributed by atoms with Crippen LogP contribution in [-0.2, 0) is 0 Å². The smallest absolute Gasteiger partial charge is 0.272 e. The lowest BCUT2D eigenvalue weighted by Crippen LogP contribution is -2.31. The fraction of sp³-hybridized carbons (Fsp3) is 0.333. The Kier molecular flexibility index (Phi) is 3.41. The van der Waals surface area contributed by atoms with E-state index in [0.29, 0.717) is 5.69 Å². The second-order valence-electron chi connectivity index (χ2n) is 3.00. The maximum atomic E-state index is 11.4. The molecule has 1 atom stereocenters. The predicted molar refractivity (Wildman–Crippen MR) is 52.7 cm³/mol. The van der Waals surface area contributed by atoms with Crippen LogP contribution in [0.1, 0.15) is 17.4 Å². The zero-order valence-corrected chi connectivity index (χ0v) is 7.90. The largest absolute Gasteiger partial charge is 0.397 e. The van der Waals surface area contributed by atoms with Crippen LogP contribution in [0.3, 0.4) is 0 Å². The third kappa shape index (κ3) is 2.70. The van der Waals surface area contributed by atoms with Gasteiger partial charge in [0.25, 0.3) is 5.91 Å². The predicted octanol–water partition coefficient (Wildman–Crippen LogP) is -0.226. The van der Waals surface area contributed by atoms with Crippen molar-refractivity contribution < 1.29 is 9.90 Å². The number of nitrogens with zero attached hydrogens (tertiary/aromatic N) is 1. The Morgan fingerprint density at radius 2 is 2.50 bits per heavy atom. The van der Waals surface area contributed by atoms with Gasteiger partial charge in [-0.25, -0.2) is 4.98 Å². The highest BCUT2D eigenvalue weighted by Crippen LogP contribution is 2.05. The lowest BCUT2D eigenvalue weighted by molar-refractivity contribution is 0.0920. The van der Waals surface area contributed by atoms with Crippen LogP contribution in [0.5, 0.6) is 0 Å². The fourth-order valence-corrected chi connectivity index (χ4v) is 0.932. The lowest BCUT2D eigenvalue weighted by atomic mass is 10.3. The minimum atomic E-state index is -0.580. The first-order valence-corrected chi connectivity index (χ1v) is 4.28. The number of aliphatic hydroxyl groups is 1. The van der Waals surface area contributed by atoms with E-state index in [1.807, 2.05) is 0 Å². The van der Waals surface area contributed by atoms with Crippen LogP contribution in [0, 0.1) is 0 Å². The summed E-state index contributed by atoms with van der Waals surface area (Å²) in [7, 11) is 0. The number of nitrogens with one attached hydrogen (secondary N) is 1. The number of nitrogen functional groups attached to an aromatic ring is 1. The first kappa shape index (κ1) is 10.5. The molecule has 1 rings (SSSR count). The number of nitrogens with two attached hydrogens (primary N) is 1. The monoisotopic (exact) mass is 195 g/mol. The molecule has 76 valence electrons. The first-order valence-electron chi connectivity index (χ1n) is 4.28. The van der Waals surface area contributed by atoms with Crippen LogP contribution in [-0.4, -0.2) is 28.6 Å². The van der Waals surface area contributed by atoms with Crippen molar-refractivity contribution in [3.05, 3.63) is 24.0 Å². The molecule has 0 radical (unpaired) electrons. The number of aliphatic hydroxyl groups excluding tert-OH is 1. The molecule has 0 fully saturated rings. The van der Waals surface area contributed by atoms with Crippen LogP contribution in [0.15, 0.2) is 18.3 Å². The Morgan fingerprint density at radius 1 is 1.79 bits per heavy atom. The van der Waals surface area contributed by atoms with E-state index in [0.717, 1.165) is 0 Å². The quantitative estimate of drug-likeness (QED) is 0.622. The molecular formula is C9H13N3O2. The van der Waals surface area contributed by atoms with Gasteiger partial charge >= 0.3 is 0 Å². The molecule has 0 spiro atoms. The van der Waals surface area contributed by atoms with Crippen molar-refractivity contribution >= 4 is 11.6 Å². The summed E-state index contributed by atoms with van der Waals surface area (Å²) in [5.74, 6) is -0.371. The number of carbonyl (C=O) groups is 1. The normalized spacial score (nSPS) is 12.1. The van der Waals surface area contributed by atoms with Crippen LogP contribution >= 0.6 is 0 Å². The number of amides is 1. The number of anilines is 1. The van der Waals surface area contributed by atoms with Crippen LogP contribution < -0.4 is 11.1 Å². The Morgan fingerprint density at radius 3 is 3.07 bits per heavy atom. The van der Waals surface area contributed by atoms with Gasteiger partial charge in [0.15, 0.2) is 5.69 Å². The van der Waals surface area contributed by atoms with E-state index in [-0.39, 0.29) is 18.1 Å². The standard InChI is InChI=1S/C9H13N3O2/c1-6(13)5-12-9(14)8-7(10)3-2-4-11-8/h2-4,6,13H,5,10H2,1H3,(H,12,14)/t6-/m0/s1. The third-order valence-corrected chi connectivity index (χ3v) is 1.61. The highest BCUT2D eigenvalue weighted by atomic mass is 16.3. The van der Waals surface area contributed by atoms with E-state index in [4.69, 9.17) is 10.8 Å². The van der Waals surface area contributed by atoms with Gasteiger partial charge in [-0.1, -0.05) is 0 Å². The molecular weight excluding hydrogens is 182 g/mol. The number of carbonyl (C=O) groups excluding carboxylic acids is 1. The summed E-state index contributed by atoms with van der Waals surface area (Å²) in [5.41, 5.74) is 6.06. The fourth-order valence-electron chi connectivity index (χ4n) is 0.932. The molecule has 0 aliphatic carbocycles. The molecule has 1 heterocycles. The van der Waals surface area contributed by atoms with Gasteiger partial charge in [0, 0.05) is 12.7 Å². The van der Waals surface area contributed by atoms with Crippen LogP contribution in [0.2, 0.25) is 0 Å². The van der Waals surface area contributed by atoms with E-state index >= 15 is 0 Å². The summed E-state index contributed by atoms with van der Waals surface area (Å²) in [6.45, 7) is 1.77. The number of rotatable bonds is 3. The Labute approximate surface area is 82.0 Å². The summed E-state index contributed by atoms with van der Waals surface area (Å²) < 4.78 is 0. The Balaban J connectivity index is 2.65. The van der Waals surface area contributed by atoms with Crippen molar-refractivity contribution in [2.45, 2.75) is 13.0 Å². The molecule has 0 aliphatic rings. The van der Waals surface area contributed by atoms with Gasteiger partial charge in [-0.05, 0) is 19.1 Å². The second-order valence-corrected chi connectivity index (χ2v) is 3.00. The van der Waals surface area contributed by atoms with Gasteiger partial charge < -0.3 is 16.2 Å². The molecule has 1 amide bonds. The van der Waals surface area contributed by atoms with Gasteiger partial charge in [0.2, 0.25) is 0 Å². The van der Waals surface area contributed by atoms with Crippen molar-refractivity contribution in [1.82, 2.24) is 10.3 Å². The summed E-state index contributed by atoms with van der Waals surface area (Å²) >= 11 is 0. The number of pyridine rings is 1. The van der Waals surface area contributed by atoms with E-state index < -0.39 is 6.10 Å². The highest BCUT2D eigenvalue weighted by Gasteiger charge is 2.10. The van der Waals surface area contributed by atoms with Gasteiger partial charge in [0.1, 0.15) is 0 Å². The SMILES string of the molecule is C[C@H](O)CNC(=O)c1ncccc1N. The summed E-state index contributed by atoms with van der Waals surface area (Å²) in [6.07, 6.45) is 0.914. The Hall–Kier alpha value is -1.62. The molecule has 0 bridgehead atoms. The average molecular weight is 195 g/mol. The minimum absolute atomic E-state index is 0.188. The van der Waals surface area contributed by atoms with Crippen molar-refractivity contribution in [2.24, 2.45) is 0 Å². The van der Waals surface area contributed by atoms with Crippen molar-refractivity contribution in [2.75, 3.05) is 12.3 Å². The molecule has 0 saturated heterocycles. The van der Waals surface area contributed by atoms with E-state index in [1.165, 1.54) is 6.20 Å². The van der Waals surface area contributed by atoms with Crippen LogP contribution in [0.25, 0.3) is 0 Å². The second kappa shape index (κ2) is 4.57. The van der Waals surface area contributed by atoms with Gasteiger partial charge in [-0.3, -0.25) is 4.79 Å². The average Bonchev–Trinajstić information content (AvgIpc) is 2.15. The van der Waals surface area contributed by atoms with Crippen molar-refractivity contribution in [1.29, 1.82) is 0 Å². The molecule has 14 heavy (non-hydrogen) atoms. The summed E-state index contributed by atoms with van der Waals surface area (Å²) in [6, 6.07) is 3.26. The lowest BCUT2D eigenvalue weighted by Gasteiger charge is -2.07. The molecule has 0 unspecified atom stereocenters. The molecule has 5 heteroatoms. The van der Waals surface area contributed by atoms with Crippen LogP contribution in [0.4, 0.5) is 5.69 Å². The molecule has 4 N–H and O–H groups in total. The first-order chi connectivity index (χ1) is 6.61. The van der Waals surface area contributed by atoms with Gasteiger partial charge in [0.05, 0.1) is 11.8 Å². The third-order valence-electron chi connectivity index (χ3n) is 1.61. The molecule has 0 saturated carbocycles. The van der Waals surface area contributed by atoms with Gasteiger partial charge in [-0.15, -0.1) is 0 Å². The summed E-state index contributed by atoms with van der Waals surface area (Å²) in [4.78, 5) is 15.2. The van der Waals surface area contributed by atoms with E-state index in [1.54, 1.807) is 19.1 Å². The zero-order chi connectivity index (χ0) is 10.6. The number of aromatic nitrogens is 1. The maximum Gasteiger partial charge on any atom is 0.272 e. The van der Waals surface area contributed by atoms with Crippen molar-refractivity contribution in [3.8, 4) is 0 Å². The molecule has 0 aliphatic heterocycles. The summed E-state index contributed by atoms with van der Waals surface area (Å²) in [5, 5.41) is 11.5. The highest BCUT2D eigenvalue weighted by molar-refractivity contribution is 5.96. The molecule has 0 aromatic carbocycles. The Bertz CT molecular complexity index is 326. The zero-order valence-electron chi connectivity index (χ0n) is 7.90. The minimum Gasteiger partial charge on any atom is -0.397 e. The van der Waals surface area contributed by atoms with E-state index in [2.05, 4.69) is 10.3 Å². The maximum absolute atomic E-state index is 11.4. The molecule has 5 nitrogen and oxygen atoms in total. The number of hydrogen-bond acceptors (Lipinski definition) is 4. The topological polar surface area (TPSA) is 88.2 Å². The van der Waals surface area contributed by atoms with Gasteiger partial charge in [-0.2, -0.15) is 0 Å². The molecule has 1 aromatic rings.